The summed E-state index contributed by atoms with van der Waals surface area (Å²) < 4.78 is 24.1. The number of carbonyl (C=O) groups excluding carboxylic acids is 1. The van der Waals surface area contributed by atoms with E-state index in [0.717, 1.165) is 0 Å². The molecule has 0 radical (unpaired) electrons. The van der Waals surface area contributed by atoms with E-state index in [1.165, 1.54) is 0 Å². The molecule has 0 bridgehead atoms. The quantitative estimate of drug-likeness (QED) is 0.292. The summed E-state index contributed by atoms with van der Waals surface area (Å²) in [6.45, 7) is 2.00. The first kappa shape index (κ1) is 22.4. The molecule has 40 valence electrons. The first-order chi connectivity index (χ1) is 2.73. The van der Waals surface area contributed by atoms with E-state index >= 15 is 0 Å². The second-order valence-electron chi connectivity index (χ2n) is 0.217. The van der Waals surface area contributed by atoms with Gasteiger partial charge in [0.05, 0.1) is 11.4 Å². The Hall–Kier alpha value is 2.38. The Labute approximate surface area is 116 Å². The van der Waals surface area contributed by atoms with Crippen LogP contribution in [0.5, 0.6) is 0 Å². The molecular formula is CH4KNaO4S. The molecule has 1 N–H and O–H groups in total. The zero-order valence-corrected chi connectivity index (χ0v) is 10.7. The van der Waals surface area contributed by atoms with Crippen molar-refractivity contribution in [2.75, 3.05) is 0 Å². The Morgan fingerprint density at radius 3 is 1.62 bits per heavy atom. The van der Waals surface area contributed by atoms with Crippen LogP contribution in [0.4, 0.5) is 0 Å². The van der Waals surface area contributed by atoms with E-state index in [-0.39, 0.29) is 82.4 Å². The van der Waals surface area contributed by atoms with Crippen molar-refractivity contribution in [3.63, 3.8) is 0 Å². The topological polar surface area (TPSA) is 77.4 Å². The number of carbonyl (C=O) groups is 1. The molecule has 0 heterocycles. The van der Waals surface area contributed by atoms with Crippen molar-refractivity contribution in [1.82, 2.24) is 0 Å². The smallest absolute Gasteiger partial charge is 1.00 e. The fourth-order valence-electron chi connectivity index (χ4n) is 0. The molecular weight excluding hydrogens is 170 g/mol. The van der Waals surface area contributed by atoms with Gasteiger partial charge in [0.1, 0.15) is 6.79 Å². The second-order valence-corrected chi connectivity index (χ2v) is 0.651. The SMILES string of the molecule is C=O.O=S([O-])O.[H-].[K+].[Na+]. The molecule has 0 spiro atoms. The molecule has 0 amide bonds. The molecule has 0 aliphatic rings. The van der Waals surface area contributed by atoms with E-state index in [1.807, 2.05) is 6.79 Å². The minimum atomic E-state index is -2.86. The summed E-state index contributed by atoms with van der Waals surface area (Å²) in [5, 5.41) is 0. The van der Waals surface area contributed by atoms with Crippen molar-refractivity contribution in [3.8, 4) is 0 Å². The molecule has 0 aliphatic carbocycles. The largest absolute Gasteiger partial charge is 1.00 e. The average molecular weight is 174 g/mol. The molecule has 0 saturated heterocycles. The Kier molecular flexibility index (Phi) is 63.8. The van der Waals surface area contributed by atoms with Gasteiger partial charge in [-0.25, -0.2) is 4.21 Å². The van der Waals surface area contributed by atoms with Crippen molar-refractivity contribution in [3.05, 3.63) is 0 Å². The van der Waals surface area contributed by atoms with E-state index in [1.54, 1.807) is 0 Å². The van der Waals surface area contributed by atoms with Crippen molar-refractivity contribution in [1.29, 1.82) is 0 Å². The van der Waals surface area contributed by atoms with Gasteiger partial charge in [0.25, 0.3) is 0 Å². The maximum atomic E-state index is 8.56. The van der Waals surface area contributed by atoms with Crippen molar-refractivity contribution >= 4 is 18.2 Å². The minimum Gasteiger partial charge on any atom is -1.00 e. The van der Waals surface area contributed by atoms with Crippen LogP contribution >= 0.6 is 0 Å². The first-order valence-electron chi connectivity index (χ1n) is 0.805. The fourth-order valence-corrected chi connectivity index (χ4v) is 0. The van der Waals surface area contributed by atoms with Crippen LogP contribution in [0.1, 0.15) is 1.43 Å². The van der Waals surface area contributed by atoms with Crippen molar-refractivity contribution in [2.45, 2.75) is 0 Å². The summed E-state index contributed by atoms with van der Waals surface area (Å²) in [6.07, 6.45) is 0. The van der Waals surface area contributed by atoms with Crippen molar-refractivity contribution < 1.29 is 100 Å². The van der Waals surface area contributed by atoms with Crippen molar-refractivity contribution in [2.24, 2.45) is 0 Å². The van der Waals surface area contributed by atoms with Crippen LogP contribution in [0.25, 0.3) is 0 Å². The van der Waals surface area contributed by atoms with Gasteiger partial charge in [-0.15, -0.1) is 0 Å². The molecule has 4 nitrogen and oxygen atoms in total. The molecule has 8 heavy (non-hydrogen) atoms. The molecule has 1 atom stereocenters. The summed E-state index contributed by atoms with van der Waals surface area (Å²) in [6, 6.07) is 0. The van der Waals surface area contributed by atoms with Crippen LogP contribution in [-0.4, -0.2) is 20.1 Å². The van der Waals surface area contributed by atoms with Gasteiger partial charge in [-0.2, -0.15) is 0 Å². The third-order valence-electron chi connectivity index (χ3n) is 0. The monoisotopic (exact) mass is 174 g/mol. The Morgan fingerprint density at radius 2 is 1.62 bits per heavy atom. The van der Waals surface area contributed by atoms with E-state index in [4.69, 9.17) is 18.1 Å². The Bertz CT molecular complexity index is 51.8. The molecule has 0 aliphatic heterocycles. The van der Waals surface area contributed by atoms with Gasteiger partial charge in [-0.1, -0.05) is 0 Å². The van der Waals surface area contributed by atoms with Gasteiger partial charge < -0.3 is 15.3 Å². The van der Waals surface area contributed by atoms with Gasteiger partial charge in [-0.05, 0) is 0 Å². The molecule has 0 aromatic carbocycles. The van der Waals surface area contributed by atoms with Gasteiger partial charge >= 0.3 is 80.9 Å². The van der Waals surface area contributed by atoms with Crippen LogP contribution in [0.2, 0.25) is 0 Å². The van der Waals surface area contributed by atoms with E-state index < -0.39 is 11.4 Å². The summed E-state index contributed by atoms with van der Waals surface area (Å²) in [5.74, 6) is 0. The van der Waals surface area contributed by atoms with E-state index in [0.29, 0.717) is 0 Å². The number of rotatable bonds is 0. The number of hydrogen-bond donors (Lipinski definition) is 1. The van der Waals surface area contributed by atoms with Gasteiger partial charge in [0.15, 0.2) is 0 Å². The summed E-state index contributed by atoms with van der Waals surface area (Å²) >= 11 is -2.86. The van der Waals surface area contributed by atoms with Crippen LogP contribution in [0.15, 0.2) is 0 Å². The fraction of sp³-hybridized carbons (Fsp3) is 0. The zero-order chi connectivity index (χ0) is 5.58. The molecule has 0 aromatic heterocycles. The predicted octanol–water partition coefficient (Wildman–Crippen LogP) is -6.73. The standard InChI is InChI=1S/CH2O.K.Na.H2O3S.H/c1-2;;;1-4(2)3;/h1H2;;;(H2,1,2,3);/q;2*+1;;-1/p-1. The molecule has 0 saturated carbocycles. The number of hydrogen-bond acceptors (Lipinski definition) is 3. The second kappa shape index (κ2) is 22.8. The molecule has 0 fully saturated rings. The van der Waals surface area contributed by atoms with Crippen LogP contribution in [0.3, 0.4) is 0 Å². The van der Waals surface area contributed by atoms with Crippen LogP contribution in [-0.2, 0) is 16.2 Å². The summed E-state index contributed by atoms with van der Waals surface area (Å²) in [5.41, 5.74) is 0. The summed E-state index contributed by atoms with van der Waals surface area (Å²) in [4.78, 5) is 8.00. The summed E-state index contributed by atoms with van der Waals surface area (Å²) in [7, 11) is 0. The Morgan fingerprint density at radius 1 is 1.62 bits per heavy atom. The average Bonchev–Trinajstić information content (AvgIpc) is 1.41. The van der Waals surface area contributed by atoms with Crippen LogP contribution in [0, 0.1) is 0 Å². The van der Waals surface area contributed by atoms with E-state index in [9.17, 15) is 0 Å². The minimum absolute atomic E-state index is 0. The third kappa shape index (κ3) is 80.7. The van der Waals surface area contributed by atoms with Gasteiger partial charge in [0, 0.05) is 0 Å². The van der Waals surface area contributed by atoms with Gasteiger partial charge in [-0.3, -0.25) is 0 Å². The van der Waals surface area contributed by atoms with Gasteiger partial charge in [0.2, 0.25) is 0 Å². The normalized spacial score (nSPS) is 8.25. The van der Waals surface area contributed by atoms with Crippen LogP contribution < -0.4 is 80.9 Å². The Balaban J connectivity index is -0.00000000990. The molecule has 1 unspecified atom stereocenters. The molecule has 0 aromatic rings. The van der Waals surface area contributed by atoms with E-state index in [2.05, 4.69) is 0 Å². The maximum absolute atomic E-state index is 8.56. The zero-order valence-electron chi connectivity index (χ0n) is 5.79. The predicted molar refractivity (Wildman–Crippen MR) is 19.8 cm³/mol. The first-order valence-corrected chi connectivity index (χ1v) is 1.84. The molecule has 0 rings (SSSR count). The third-order valence-corrected chi connectivity index (χ3v) is 0. The molecule has 7 heteroatoms. The maximum Gasteiger partial charge on any atom is 1.00 e.